The van der Waals surface area contributed by atoms with Crippen molar-refractivity contribution in [3.8, 4) is 5.69 Å². The van der Waals surface area contributed by atoms with E-state index in [9.17, 15) is 0 Å². The largest absolute Gasteiger partial charge is 0.353 e. The number of benzene rings is 2. The highest BCUT2D eigenvalue weighted by atomic mass is 15.0. The van der Waals surface area contributed by atoms with Gasteiger partial charge in [-0.3, -0.25) is 0 Å². The first-order valence-corrected chi connectivity index (χ1v) is 9.99. The molecular weight excluding hydrogens is 352 g/mol. The van der Waals surface area contributed by atoms with Crippen LogP contribution < -0.4 is 0 Å². The molecule has 1 heterocycles. The summed E-state index contributed by atoms with van der Waals surface area (Å²) in [7, 11) is 0. The topological polar surface area (TPSA) is 20.7 Å². The first kappa shape index (κ1) is 20.2. The van der Waals surface area contributed by atoms with E-state index < -0.39 is 0 Å². The van der Waals surface area contributed by atoms with E-state index in [-0.39, 0.29) is 0 Å². The molecule has 1 N–H and O–H groups in total. The Hall–Kier alpha value is -3.52. The zero-order valence-corrected chi connectivity index (χ0v) is 17.2. The van der Waals surface area contributed by atoms with Gasteiger partial charge in [0.15, 0.2) is 0 Å². The first-order valence-electron chi connectivity index (χ1n) is 9.99. The summed E-state index contributed by atoms with van der Waals surface area (Å²) >= 11 is 0. The molecule has 0 aliphatic rings. The predicted octanol–water partition coefficient (Wildman–Crippen LogP) is 7.83. The lowest BCUT2D eigenvalue weighted by molar-refractivity contribution is 1.07. The van der Waals surface area contributed by atoms with Gasteiger partial charge in [-0.15, -0.1) is 0 Å². The SMILES string of the molecule is C=Cc1c(/C=C\CC)[nH]c2ccccc2n(-c2ccccc2)c(/C=C\C)c1C=C. The van der Waals surface area contributed by atoms with Gasteiger partial charge in [0.2, 0.25) is 0 Å². The van der Waals surface area contributed by atoms with E-state index in [1.807, 2.05) is 25.1 Å². The summed E-state index contributed by atoms with van der Waals surface area (Å²) in [5.74, 6) is 0. The van der Waals surface area contributed by atoms with E-state index in [0.717, 1.165) is 45.7 Å². The summed E-state index contributed by atoms with van der Waals surface area (Å²) in [6.07, 6.45) is 13.3. The summed E-state index contributed by atoms with van der Waals surface area (Å²) in [5, 5.41) is 0. The predicted molar refractivity (Wildman–Crippen MR) is 129 cm³/mol. The number of aromatic nitrogens is 2. The quantitative estimate of drug-likeness (QED) is 0.450. The Labute approximate surface area is 173 Å². The number of hydrogen-bond donors (Lipinski definition) is 1. The Kier molecular flexibility index (Phi) is 6.70. The van der Waals surface area contributed by atoms with Crippen LogP contribution in [0.5, 0.6) is 0 Å². The second kappa shape index (κ2) is 9.61. The molecule has 3 aromatic rings. The van der Waals surface area contributed by atoms with Crippen molar-refractivity contribution < 1.29 is 0 Å². The van der Waals surface area contributed by atoms with Crippen LogP contribution in [0.1, 0.15) is 42.8 Å². The van der Waals surface area contributed by atoms with Gasteiger partial charge in [0, 0.05) is 22.5 Å². The minimum absolute atomic E-state index is 0.961. The molecule has 2 aromatic carbocycles. The molecule has 0 spiro atoms. The third-order valence-electron chi connectivity index (χ3n) is 4.78. The average Bonchev–Trinajstić information content (AvgIpc) is 2.75. The Morgan fingerprint density at radius 1 is 0.897 bits per heavy atom. The second-order valence-corrected chi connectivity index (χ2v) is 6.66. The van der Waals surface area contributed by atoms with Gasteiger partial charge in [-0.2, -0.15) is 0 Å². The number of H-pyrrole nitrogens is 1. The third kappa shape index (κ3) is 4.17. The summed E-state index contributed by atoms with van der Waals surface area (Å²) in [6, 6.07) is 18.8. The number of hydrogen-bond acceptors (Lipinski definition) is 0. The first-order chi connectivity index (χ1) is 14.2. The fourth-order valence-electron chi connectivity index (χ4n) is 3.50. The Morgan fingerprint density at radius 2 is 1.59 bits per heavy atom. The molecule has 146 valence electrons. The maximum Gasteiger partial charge on any atom is 0.0696 e. The van der Waals surface area contributed by atoms with Crippen LogP contribution in [-0.2, 0) is 0 Å². The highest BCUT2D eigenvalue weighted by Crippen LogP contribution is 2.27. The lowest BCUT2D eigenvalue weighted by Gasteiger charge is -2.19. The molecule has 1 aromatic heterocycles. The van der Waals surface area contributed by atoms with Gasteiger partial charge in [-0.25, -0.2) is 0 Å². The monoisotopic (exact) mass is 380 g/mol. The third-order valence-corrected chi connectivity index (χ3v) is 4.78. The molecule has 0 radical (unpaired) electrons. The van der Waals surface area contributed by atoms with Crippen LogP contribution in [0.25, 0.3) is 41.0 Å². The molecule has 0 fully saturated rings. The van der Waals surface area contributed by atoms with E-state index >= 15 is 0 Å². The van der Waals surface area contributed by atoms with Crippen molar-refractivity contribution in [3.05, 3.63) is 102 Å². The van der Waals surface area contributed by atoms with Crippen LogP contribution >= 0.6 is 0 Å². The normalized spacial score (nSPS) is 11.2. The molecule has 0 saturated carbocycles. The van der Waals surface area contributed by atoms with Crippen molar-refractivity contribution in [3.63, 3.8) is 0 Å². The Balaban J connectivity index is 2.67. The van der Waals surface area contributed by atoms with Gasteiger partial charge in [0.1, 0.15) is 0 Å². The van der Waals surface area contributed by atoms with Crippen molar-refractivity contribution in [2.45, 2.75) is 20.3 Å². The molecule has 2 heteroatoms. The Morgan fingerprint density at radius 3 is 2.24 bits per heavy atom. The van der Waals surface area contributed by atoms with Gasteiger partial charge >= 0.3 is 0 Å². The highest BCUT2D eigenvalue weighted by molar-refractivity contribution is 5.83. The standard InChI is InChI=1S/C27H28N2/c1-5-9-18-24-22(7-3)23(8-4)26(15-6-2)29(21-16-11-10-12-17-21)27-20-14-13-19-25(27)28-24/h6-20,28H,3-5H2,1-2H3/b15-6-,18-9-,24-22?,26-23?. The number of rotatable bonds is 6. The van der Waals surface area contributed by atoms with Gasteiger partial charge in [0.25, 0.3) is 0 Å². The summed E-state index contributed by atoms with van der Waals surface area (Å²) in [5.41, 5.74) is 7.32. The van der Waals surface area contributed by atoms with Gasteiger partial charge < -0.3 is 9.55 Å². The zero-order valence-electron chi connectivity index (χ0n) is 17.2. The maximum atomic E-state index is 4.13. The number of aromatic amines is 1. The molecule has 0 aliphatic carbocycles. The number of allylic oxidation sites excluding steroid dienone is 2. The molecule has 29 heavy (non-hydrogen) atoms. The Bertz CT molecular complexity index is 1120. The fourth-order valence-corrected chi connectivity index (χ4v) is 3.50. The average molecular weight is 381 g/mol. The molecule has 0 bridgehead atoms. The van der Waals surface area contributed by atoms with Crippen molar-refractivity contribution in [1.29, 1.82) is 0 Å². The van der Waals surface area contributed by atoms with E-state index in [1.54, 1.807) is 0 Å². The molecule has 0 unspecified atom stereocenters. The number of fused-ring (bicyclic) bond motifs is 1. The highest BCUT2D eigenvalue weighted by Gasteiger charge is 2.12. The number of para-hydroxylation sites is 3. The van der Waals surface area contributed by atoms with Gasteiger partial charge in [-0.1, -0.05) is 74.7 Å². The molecule has 3 rings (SSSR count). The van der Waals surface area contributed by atoms with Crippen LogP contribution in [0.2, 0.25) is 0 Å². The fraction of sp³-hybridized carbons (Fsp3) is 0.111. The van der Waals surface area contributed by atoms with Crippen LogP contribution in [-0.4, -0.2) is 9.55 Å². The lowest BCUT2D eigenvalue weighted by atomic mass is 10.0. The van der Waals surface area contributed by atoms with Crippen LogP contribution in [0.4, 0.5) is 0 Å². The van der Waals surface area contributed by atoms with Gasteiger partial charge in [0.05, 0.1) is 16.7 Å². The second-order valence-electron chi connectivity index (χ2n) is 6.66. The van der Waals surface area contributed by atoms with Crippen molar-refractivity contribution in [2.75, 3.05) is 0 Å². The molecule has 0 amide bonds. The zero-order chi connectivity index (χ0) is 20.6. The summed E-state index contributed by atoms with van der Waals surface area (Å²) in [4.78, 5) is 3.64. The maximum absolute atomic E-state index is 4.13. The summed E-state index contributed by atoms with van der Waals surface area (Å²) in [6.45, 7) is 12.4. The van der Waals surface area contributed by atoms with Crippen molar-refractivity contribution >= 4 is 35.3 Å². The molecule has 0 aliphatic heterocycles. The number of nitrogens with zero attached hydrogens (tertiary/aromatic N) is 1. The summed E-state index contributed by atoms with van der Waals surface area (Å²) < 4.78 is 2.27. The van der Waals surface area contributed by atoms with Crippen molar-refractivity contribution in [1.82, 2.24) is 9.55 Å². The van der Waals surface area contributed by atoms with E-state index in [0.29, 0.717) is 0 Å². The molecular formula is C27H28N2. The van der Waals surface area contributed by atoms with Crippen LogP contribution in [0.3, 0.4) is 0 Å². The van der Waals surface area contributed by atoms with E-state index in [1.165, 1.54) is 0 Å². The minimum atomic E-state index is 0.961. The molecule has 2 nitrogen and oxygen atoms in total. The van der Waals surface area contributed by atoms with E-state index in [4.69, 9.17) is 0 Å². The number of nitrogens with one attached hydrogen (secondary N) is 1. The van der Waals surface area contributed by atoms with Gasteiger partial charge in [-0.05, 0) is 49.8 Å². The van der Waals surface area contributed by atoms with Crippen molar-refractivity contribution in [2.24, 2.45) is 0 Å². The van der Waals surface area contributed by atoms with Crippen LogP contribution in [0, 0.1) is 0 Å². The van der Waals surface area contributed by atoms with Crippen LogP contribution in [0.15, 0.2) is 79.9 Å². The van der Waals surface area contributed by atoms with E-state index in [2.05, 4.69) is 102 Å². The minimum Gasteiger partial charge on any atom is -0.353 e. The molecule has 0 atom stereocenters. The smallest absolute Gasteiger partial charge is 0.0696 e. The molecule has 0 saturated heterocycles. The lowest BCUT2D eigenvalue weighted by Crippen LogP contribution is -2.05.